The van der Waals surface area contributed by atoms with Crippen LogP contribution in [0.1, 0.15) is 6.42 Å². The van der Waals surface area contributed by atoms with Gasteiger partial charge in [0.1, 0.15) is 11.0 Å². The van der Waals surface area contributed by atoms with Crippen molar-refractivity contribution < 1.29 is 14.3 Å². The van der Waals surface area contributed by atoms with E-state index in [0.717, 1.165) is 9.26 Å². The first kappa shape index (κ1) is 19.7. The summed E-state index contributed by atoms with van der Waals surface area (Å²) >= 11 is 3.54. The van der Waals surface area contributed by atoms with Crippen LogP contribution in [0.4, 0.5) is 11.4 Å². The maximum Gasteiger partial charge on any atom is 0.242 e. The minimum atomic E-state index is -0.483. The summed E-state index contributed by atoms with van der Waals surface area (Å²) in [4.78, 5) is 30.9. The lowest BCUT2D eigenvalue weighted by atomic mass is 10.2. The van der Waals surface area contributed by atoms with Crippen molar-refractivity contribution in [2.75, 3.05) is 19.5 Å². The number of aliphatic imine (C=N–C) groups is 1. The predicted octanol–water partition coefficient (Wildman–Crippen LogP) is 3.89. The second-order valence-corrected chi connectivity index (χ2v) is 8.27. The molecule has 1 N–H and O–H groups in total. The summed E-state index contributed by atoms with van der Waals surface area (Å²) in [6, 6.07) is 14.8. The van der Waals surface area contributed by atoms with Crippen molar-refractivity contribution in [1.29, 1.82) is 0 Å². The quantitative estimate of drug-likeness (QED) is 0.640. The van der Waals surface area contributed by atoms with E-state index in [1.165, 1.54) is 16.7 Å². The molecule has 0 radical (unpaired) electrons. The summed E-state index contributed by atoms with van der Waals surface area (Å²) in [7, 11) is 3.25. The molecule has 27 heavy (non-hydrogen) atoms. The smallest absolute Gasteiger partial charge is 0.242 e. The number of carbonyl (C=O) groups is 2. The van der Waals surface area contributed by atoms with Crippen molar-refractivity contribution >= 4 is 62.7 Å². The first-order valence-corrected chi connectivity index (χ1v) is 10.1. The summed E-state index contributed by atoms with van der Waals surface area (Å²) in [6.45, 7) is 0. The number of thioether (sulfide) groups is 1. The summed E-state index contributed by atoms with van der Waals surface area (Å²) in [6.07, 6.45) is 0.0801. The van der Waals surface area contributed by atoms with E-state index in [1.807, 2.05) is 24.3 Å². The van der Waals surface area contributed by atoms with E-state index in [4.69, 9.17) is 4.74 Å². The van der Waals surface area contributed by atoms with Crippen molar-refractivity contribution in [2.45, 2.75) is 11.7 Å². The second kappa shape index (κ2) is 8.75. The first-order chi connectivity index (χ1) is 13.0. The topological polar surface area (TPSA) is 71.0 Å². The van der Waals surface area contributed by atoms with E-state index in [0.29, 0.717) is 16.6 Å². The van der Waals surface area contributed by atoms with E-state index in [1.54, 1.807) is 38.4 Å². The molecule has 3 rings (SSSR count). The Morgan fingerprint density at radius 1 is 1.30 bits per heavy atom. The van der Waals surface area contributed by atoms with Crippen molar-refractivity contribution in [2.24, 2.45) is 4.99 Å². The number of amidine groups is 1. The molecule has 1 saturated heterocycles. The van der Waals surface area contributed by atoms with Crippen LogP contribution in [0.3, 0.4) is 0 Å². The minimum absolute atomic E-state index is 0.0801. The van der Waals surface area contributed by atoms with Gasteiger partial charge in [0.15, 0.2) is 5.17 Å². The third-order valence-corrected chi connectivity index (χ3v) is 5.86. The van der Waals surface area contributed by atoms with Crippen molar-refractivity contribution in [3.63, 3.8) is 0 Å². The Labute approximate surface area is 175 Å². The van der Waals surface area contributed by atoms with Gasteiger partial charge in [-0.1, -0.05) is 17.8 Å². The summed E-state index contributed by atoms with van der Waals surface area (Å²) in [5, 5.41) is 2.92. The highest BCUT2D eigenvalue weighted by atomic mass is 127. The monoisotopic (exact) mass is 495 g/mol. The zero-order chi connectivity index (χ0) is 19.4. The number of hydrogen-bond acceptors (Lipinski definition) is 5. The molecule has 140 valence electrons. The molecule has 1 aliphatic heterocycles. The molecule has 8 heteroatoms. The number of rotatable bonds is 5. The number of anilines is 1. The molecule has 0 spiro atoms. The van der Waals surface area contributed by atoms with Gasteiger partial charge in [0.25, 0.3) is 0 Å². The molecule has 0 aromatic heterocycles. The molecule has 2 amide bonds. The molecule has 1 fully saturated rings. The molecule has 0 saturated carbocycles. The SMILES string of the molecule is COc1cccc(NC(=O)C[C@@H]2SC(=Nc3ccc(I)cc3)N(C)C2=O)c1. The zero-order valence-corrected chi connectivity index (χ0v) is 17.8. The Kier molecular flexibility index (Phi) is 6.38. The first-order valence-electron chi connectivity index (χ1n) is 8.18. The molecular formula is C19H18IN3O3S. The van der Waals surface area contributed by atoms with Gasteiger partial charge < -0.3 is 10.1 Å². The van der Waals surface area contributed by atoms with Crippen molar-refractivity contribution in [3.8, 4) is 5.75 Å². The van der Waals surface area contributed by atoms with Crippen LogP contribution < -0.4 is 10.1 Å². The lowest BCUT2D eigenvalue weighted by molar-refractivity contribution is -0.127. The number of amides is 2. The molecule has 0 bridgehead atoms. The van der Waals surface area contributed by atoms with Gasteiger partial charge in [0, 0.05) is 28.8 Å². The number of hydrogen-bond donors (Lipinski definition) is 1. The third kappa shape index (κ3) is 5.01. The van der Waals surface area contributed by atoms with Crippen LogP contribution in [-0.2, 0) is 9.59 Å². The average Bonchev–Trinajstić information content (AvgIpc) is 2.91. The lowest BCUT2D eigenvalue weighted by Crippen LogP contribution is -2.30. The number of benzene rings is 2. The fraction of sp³-hybridized carbons (Fsp3) is 0.211. The van der Waals surface area contributed by atoms with E-state index in [2.05, 4.69) is 32.9 Å². The number of carbonyl (C=O) groups excluding carboxylic acids is 2. The maximum atomic E-state index is 12.5. The Balaban J connectivity index is 1.65. The lowest BCUT2D eigenvalue weighted by Gasteiger charge is -2.10. The summed E-state index contributed by atoms with van der Waals surface area (Å²) < 4.78 is 6.26. The van der Waals surface area contributed by atoms with Gasteiger partial charge in [-0.05, 0) is 59.0 Å². The van der Waals surface area contributed by atoms with Crippen LogP contribution in [0, 0.1) is 3.57 Å². The Morgan fingerprint density at radius 3 is 2.74 bits per heavy atom. The number of nitrogens with zero attached hydrogens (tertiary/aromatic N) is 2. The number of halogens is 1. The van der Waals surface area contributed by atoms with Gasteiger partial charge in [0.05, 0.1) is 12.8 Å². The number of nitrogens with one attached hydrogen (secondary N) is 1. The van der Waals surface area contributed by atoms with Gasteiger partial charge in [-0.3, -0.25) is 14.5 Å². The Morgan fingerprint density at radius 2 is 2.04 bits per heavy atom. The van der Waals surface area contributed by atoms with Crippen molar-refractivity contribution in [1.82, 2.24) is 4.90 Å². The van der Waals surface area contributed by atoms with Crippen LogP contribution in [0.2, 0.25) is 0 Å². The fourth-order valence-corrected chi connectivity index (χ4v) is 4.02. The highest BCUT2D eigenvalue weighted by molar-refractivity contribution is 14.1. The molecule has 2 aromatic carbocycles. The number of methoxy groups -OCH3 is 1. The van der Waals surface area contributed by atoms with Crippen LogP contribution in [0.15, 0.2) is 53.5 Å². The van der Waals surface area contributed by atoms with Gasteiger partial charge >= 0.3 is 0 Å². The molecular weight excluding hydrogens is 477 g/mol. The summed E-state index contributed by atoms with van der Waals surface area (Å²) in [5.74, 6) is 0.314. The van der Waals surface area contributed by atoms with E-state index in [-0.39, 0.29) is 18.2 Å². The molecule has 1 aliphatic rings. The Hall–Kier alpha value is -2.07. The Bertz CT molecular complexity index is 886. The highest BCUT2D eigenvalue weighted by Gasteiger charge is 2.37. The molecule has 2 aromatic rings. The maximum absolute atomic E-state index is 12.5. The third-order valence-electron chi connectivity index (χ3n) is 3.92. The van der Waals surface area contributed by atoms with E-state index in [9.17, 15) is 9.59 Å². The van der Waals surface area contributed by atoms with Crippen LogP contribution in [0.5, 0.6) is 5.75 Å². The van der Waals surface area contributed by atoms with E-state index >= 15 is 0 Å². The molecule has 0 unspecified atom stereocenters. The molecule has 1 heterocycles. The summed E-state index contributed by atoms with van der Waals surface area (Å²) in [5.41, 5.74) is 1.41. The second-order valence-electron chi connectivity index (χ2n) is 5.86. The fourth-order valence-electron chi connectivity index (χ4n) is 2.50. The molecule has 6 nitrogen and oxygen atoms in total. The minimum Gasteiger partial charge on any atom is -0.497 e. The van der Waals surface area contributed by atoms with Gasteiger partial charge in [-0.2, -0.15) is 0 Å². The average molecular weight is 495 g/mol. The predicted molar refractivity (Wildman–Crippen MR) is 117 cm³/mol. The normalized spacial score (nSPS) is 18.0. The van der Waals surface area contributed by atoms with Crippen LogP contribution in [-0.4, -0.2) is 41.3 Å². The molecule has 1 atom stereocenters. The number of ether oxygens (including phenoxy) is 1. The van der Waals surface area contributed by atoms with Gasteiger partial charge in [-0.15, -0.1) is 0 Å². The zero-order valence-electron chi connectivity index (χ0n) is 14.8. The molecule has 0 aliphatic carbocycles. The van der Waals surface area contributed by atoms with E-state index < -0.39 is 5.25 Å². The standard InChI is InChI=1S/C19H18IN3O3S/c1-23-18(25)16(27-19(23)22-13-8-6-12(20)7-9-13)11-17(24)21-14-4-3-5-15(10-14)26-2/h3-10,16H,11H2,1-2H3,(H,21,24)/t16-/m0/s1. The van der Waals surface area contributed by atoms with Crippen LogP contribution >= 0.6 is 34.4 Å². The van der Waals surface area contributed by atoms with Gasteiger partial charge in [-0.25, -0.2) is 4.99 Å². The van der Waals surface area contributed by atoms with Crippen LogP contribution in [0.25, 0.3) is 0 Å². The van der Waals surface area contributed by atoms with Crippen molar-refractivity contribution in [3.05, 3.63) is 52.1 Å². The largest absolute Gasteiger partial charge is 0.497 e. The van der Waals surface area contributed by atoms with Gasteiger partial charge in [0.2, 0.25) is 11.8 Å². The highest BCUT2D eigenvalue weighted by Crippen LogP contribution is 2.31.